The van der Waals surface area contributed by atoms with Crippen molar-refractivity contribution in [3.05, 3.63) is 54.2 Å². The van der Waals surface area contributed by atoms with Gasteiger partial charge in [-0.25, -0.2) is 4.98 Å². The van der Waals surface area contributed by atoms with E-state index in [4.69, 9.17) is 0 Å². The highest BCUT2D eigenvalue weighted by Gasteiger charge is 2.18. The number of hydrogen-bond donors (Lipinski definition) is 2. The number of imidazole rings is 1. The Bertz CT molecular complexity index is 907. The number of anilines is 2. The Morgan fingerprint density at radius 2 is 2.04 bits per heavy atom. The molecule has 1 aliphatic heterocycles. The van der Waals surface area contributed by atoms with E-state index in [1.807, 2.05) is 30.3 Å². The zero-order valence-corrected chi connectivity index (χ0v) is 14.7. The molecule has 0 bridgehead atoms. The molecule has 1 unspecified atom stereocenters. The summed E-state index contributed by atoms with van der Waals surface area (Å²) < 4.78 is 1.66. The minimum Gasteiger partial charge on any atom is -0.365 e. The number of benzene rings is 1. The molecule has 1 amide bonds. The predicted octanol–water partition coefficient (Wildman–Crippen LogP) is 2.49. The van der Waals surface area contributed by atoms with E-state index in [1.54, 1.807) is 22.8 Å². The van der Waals surface area contributed by atoms with Gasteiger partial charge < -0.3 is 15.5 Å². The monoisotopic (exact) mass is 350 g/mol. The number of piperidine rings is 1. The number of aromatic nitrogens is 3. The second-order valence-electron chi connectivity index (χ2n) is 6.70. The molecule has 134 valence electrons. The Balaban J connectivity index is 1.54. The molecule has 3 aromatic rings. The number of likely N-dealkylation sites (N-methyl/N-ethyl adjacent to an activating group) is 1. The van der Waals surface area contributed by atoms with Gasteiger partial charge in [-0.2, -0.15) is 4.52 Å². The number of likely N-dealkylation sites (tertiary alicyclic amines) is 1. The van der Waals surface area contributed by atoms with Crippen LogP contribution in [-0.4, -0.2) is 51.6 Å². The number of nitrogens with one attached hydrogen (secondary N) is 2. The molecule has 0 aliphatic carbocycles. The molecule has 1 saturated heterocycles. The molecule has 7 nitrogen and oxygen atoms in total. The molecule has 0 saturated carbocycles. The number of carbonyl (C=O) groups is 1. The lowest BCUT2D eigenvalue weighted by molar-refractivity contribution is 0.102. The van der Waals surface area contributed by atoms with Crippen molar-refractivity contribution in [3.63, 3.8) is 0 Å². The van der Waals surface area contributed by atoms with Gasteiger partial charge >= 0.3 is 0 Å². The maximum Gasteiger partial charge on any atom is 0.256 e. The predicted molar refractivity (Wildman–Crippen MR) is 102 cm³/mol. The SMILES string of the molecule is CN1CCCC(Nc2ccc3ncc(NC(=O)c4ccccc4)n3n2)C1. The molecular formula is C19H22N6O. The fourth-order valence-electron chi connectivity index (χ4n) is 3.31. The summed E-state index contributed by atoms with van der Waals surface area (Å²) >= 11 is 0. The van der Waals surface area contributed by atoms with Gasteiger partial charge in [0.25, 0.3) is 5.91 Å². The van der Waals surface area contributed by atoms with Gasteiger partial charge in [0.05, 0.1) is 6.20 Å². The molecule has 0 spiro atoms. The van der Waals surface area contributed by atoms with Crippen molar-refractivity contribution in [2.24, 2.45) is 0 Å². The summed E-state index contributed by atoms with van der Waals surface area (Å²) in [4.78, 5) is 19.0. The van der Waals surface area contributed by atoms with Crippen molar-refractivity contribution in [3.8, 4) is 0 Å². The van der Waals surface area contributed by atoms with E-state index in [0.29, 0.717) is 23.1 Å². The third-order valence-corrected chi connectivity index (χ3v) is 4.62. The maximum absolute atomic E-state index is 12.4. The Morgan fingerprint density at radius 1 is 1.19 bits per heavy atom. The Labute approximate surface area is 152 Å². The van der Waals surface area contributed by atoms with Crippen molar-refractivity contribution < 1.29 is 4.79 Å². The van der Waals surface area contributed by atoms with E-state index in [9.17, 15) is 4.79 Å². The summed E-state index contributed by atoms with van der Waals surface area (Å²) in [6, 6.07) is 13.3. The fourth-order valence-corrected chi connectivity index (χ4v) is 3.31. The van der Waals surface area contributed by atoms with Gasteiger partial charge in [0.2, 0.25) is 0 Å². The Hall–Kier alpha value is -2.93. The zero-order valence-electron chi connectivity index (χ0n) is 14.7. The minimum atomic E-state index is -0.179. The first kappa shape index (κ1) is 16.5. The molecule has 0 radical (unpaired) electrons. The molecule has 2 N–H and O–H groups in total. The first-order valence-electron chi connectivity index (χ1n) is 8.85. The van der Waals surface area contributed by atoms with Gasteiger partial charge in [-0.3, -0.25) is 4.79 Å². The maximum atomic E-state index is 12.4. The van der Waals surface area contributed by atoms with E-state index in [1.165, 1.54) is 6.42 Å². The Morgan fingerprint density at radius 3 is 2.85 bits per heavy atom. The molecule has 26 heavy (non-hydrogen) atoms. The quantitative estimate of drug-likeness (QED) is 0.756. The minimum absolute atomic E-state index is 0.179. The van der Waals surface area contributed by atoms with Crippen molar-refractivity contribution in [2.75, 3.05) is 30.8 Å². The van der Waals surface area contributed by atoms with Crippen molar-refractivity contribution in [2.45, 2.75) is 18.9 Å². The molecule has 4 rings (SSSR count). The number of amides is 1. The second kappa shape index (κ2) is 7.13. The van der Waals surface area contributed by atoms with Crippen LogP contribution >= 0.6 is 0 Å². The molecule has 2 aromatic heterocycles. The average Bonchev–Trinajstić information content (AvgIpc) is 3.05. The summed E-state index contributed by atoms with van der Waals surface area (Å²) in [6.07, 6.45) is 3.94. The highest BCUT2D eigenvalue weighted by Crippen LogP contribution is 2.17. The highest BCUT2D eigenvalue weighted by molar-refractivity contribution is 6.03. The third kappa shape index (κ3) is 3.52. The van der Waals surface area contributed by atoms with Crippen LogP contribution in [0.2, 0.25) is 0 Å². The molecule has 1 aliphatic rings. The number of rotatable bonds is 4. The van der Waals surface area contributed by atoms with Gasteiger partial charge in [0, 0.05) is 18.2 Å². The van der Waals surface area contributed by atoms with Crippen LogP contribution in [0.25, 0.3) is 5.65 Å². The van der Waals surface area contributed by atoms with E-state index < -0.39 is 0 Å². The van der Waals surface area contributed by atoms with E-state index in [-0.39, 0.29) is 5.91 Å². The standard InChI is InChI=1S/C19H22N6O/c1-24-11-5-8-15(13-24)21-16-9-10-17-20-12-18(25(17)23-16)22-19(26)14-6-3-2-4-7-14/h2-4,6-7,9-10,12,15H,5,8,11,13H2,1H3,(H,21,23)(H,22,26). The van der Waals surface area contributed by atoms with E-state index >= 15 is 0 Å². The number of carbonyl (C=O) groups excluding carboxylic acids is 1. The first-order chi connectivity index (χ1) is 12.7. The van der Waals surface area contributed by atoms with Crippen molar-refractivity contribution in [1.82, 2.24) is 19.5 Å². The normalized spacial score (nSPS) is 18.0. The van der Waals surface area contributed by atoms with Crippen molar-refractivity contribution >= 4 is 23.2 Å². The van der Waals surface area contributed by atoms with Crippen molar-refractivity contribution in [1.29, 1.82) is 0 Å². The molecule has 7 heteroatoms. The highest BCUT2D eigenvalue weighted by atomic mass is 16.1. The van der Waals surface area contributed by atoms with Gasteiger partial charge in [-0.1, -0.05) is 18.2 Å². The summed E-state index contributed by atoms with van der Waals surface area (Å²) in [5.74, 6) is 1.16. The summed E-state index contributed by atoms with van der Waals surface area (Å²) in [5.41, 5.74) is 1.29. The number of nitrogens with zero attached hydrogens (tertiary/aromatic N) is 4. The summed E-state index contributed by atoms with van der Waals surface area (Å²) in [7, 11) is 2.14. The van der Waals surface area contributed by atoms with Gasteiger partial charge in [0.15, 0.2) is 11.5 Å². The third-order valence-electron chi connectivity index (χ3n) is 4.62. The summed E-state index contributed by atoms with van der Waals surface area (Å²) in [6.45, 7) is 2.14. The topological polar surface area (TPSA) is 74.6 Å². The first-order valence-corrected chi connectivity index (χ1v) is 8.85. The van der Waals surface area contributed by atoms with Crippen LogP contribution in [0.5, 0.6) is 0 Å². The fraction of sp³-hybridized carbons (Fsp3) is 0.316. The van der Waals surface area contributed by atoms with Gasteiger partial charge in [-0.15, -0.1) is 5.10 Å². The van der Waals surface area contributed by atoms with Crippen LogP contribution in [0.15, 0.2) is 48.7 Å². The van der Waals surface area contributed by atoms with Gasteiger partial charge in [0.1, 0.15) is 5.82 Å². The average molecular weight is 350 g/mol. The molecule has 1 fully saturated rings. The van der Waals surface area contributed by atoms with Crippen LogP contribution < -0.4 is 10.6 Å². The molecule has 1 atom stereocenters. The molecule has 1 aromatic carbocycles. The van der Waals surface area contributed by atoms with Gasteiger partial charge in [-0.05, 0) is 50.7 Å². The lowest BCUT2D eigenvalue weighted by atomic mass is 10.1. The smallest absolute Gasteiger partial charge is 0.256 e. The van der Waals surface area contributed by atoms with E-state index in [0.717, 1.165) is 25.3 Å². The molecule has 3 heterocycles. The van der Waals surface area contributed by atoms with Crippen LogP contribution in [0, 0.1) is 0 Å². The van der Waals surface area contributed by atoms with E-state index in [2.05, 4.69) is 32.7 Å². The summed E-state index contributed by atoms with van der Waals surface area (Å²) in [5, 5.41) is 11.0. The largest absolute Gasteiger partial charge is 0.365 e. The Kier molecular flexibility index (Phi) is 4.53. The lowest BCUT2D eigenvalue weighted by Gasteiger charge is -2.30. The number of fused-ring (bicyclic) bond motifs is 1. The zero-order chi connectivity index (χ0) is 17.9. The van der Waals surface area contributed by atoms with Crippen LogP contribution in [0.4, 0.5) is 11.6 Å². The van der Waals surface area contributed by atoms with Crippen LogP contribution in [0.3, 0.4) is 0 Å². The van der Waals surface area contributed by atoms with Crippen LogP contribution in [0.1, 0.15) is 23.2 Å². The second-order valence-corrected chi connectivity index (χ2v) is 6.70. The lowest BCUT2D eigenvalue weighted by Crippen LogP contribution is -2.40. The van der Waals surface area contributed by atoms with Crippen LogP contribution in [-0.2, 0) is 0 Å². The molecular weight excluding hydrogens is 328 g/mol. The number of hydrogen-bond acceptors (Lipinski definition) is 5.